The maximum Gasteiger partial charge on any atom is 0.246 e. The Bertz CT molecular complexity index is 2310. The van der Waals surface area contributed by atoms with Crippen LogP contribution in [0.25, 0.3) is 0 Å². The van der Waals surface area contributed by atoms with Gasteiger partial charge in [0.2, 0.25) is 17.7 Å². The molecule has 7 atom stereocenters. The summed E-state index contributed by atoms with van der Waals surface area (Å²) in [6.45, 7) is 17.2. The van der Waals surface area contributed by atoms with E-state index >= 15 is 0 Å². The summed E-state index contributed by atoms with van der Waals surface area (Å²) in [5.41, 5.74) is 13.0. The molecule has 0 aromatic heterocycles. The fraction of sp³-hybridized carbons (Fsp3) is 0.585. The van der Waals surface area contributed by atoms with Crippen molar-refractivity contribution in [1.29, 1.82) is 0 Å². The van der Waals surface area contributed by atoms with Gasteiger partial charge in [0.15, 0.2) is 0 Å². The van der Waals surface area contributed by atoms with Crippen molar-refractivity contribution in [3.05, 3.63) is 143 Å². The van der Waals surface area contributed by atoms with Crippen molar-refractivity contribution in [2.45, 2.75) is 175 Å². The van der Waals surface area contributed by atoms with Gasteiger partial charge in [0, 0.05) is 78.2 Å². The number of unbranched alkanes of at least 4 members (excludes halogenated alkanes) is 4. The first-order valence-corrected chi connectivity index (χ1v) is 28.9. The third-order valence-electron chi connectivity index (χ3n) is 14.9. The first-order valence-electron chi connectivity index (χ1n) is 28.9. The predicted molar refractivity (Wildman–Crippen MR) is 311 cm³/mol. The van der Waals surface area contributed by atoms with E-state index in [1.165, 1.54) is 27.8 Å². The molecular formula is C65H96N4O9. The Kier molecular flexibility index (Phi) is 28.6. The number of amides is 3. The minimum Gasteiger partial charge on any atom is -0.381 e. The lowest BCUT2D eigenvalue weighted by Gasteiger charge is -2.36. The number of fused-ring (bicyclic) bond motifs is 2. The van der Waals surface area contributed by atoms with Crippen LogP contribution in [0.3, 0.4) is 0 Å². The van der Waals surface area contributed by atoms with Crippen molar-refractivity contribution in [3.8, 4) is 0 Å². The molecule has 1 fully saturated rings. The van der Waals surface area contributed by atoms with Crippen LogP contribution in [-0.2, 0) is 68.9 Å². The van der Waals surface area contributed by atoms with Crippen LogP contribution in [0.15, 0.2) is 109 Å². The normalized spacial score (nSPS) is 19.2. The van der Waals surface area contributed by atoms with E-state index in [0.29, 0.717) is 52.4 Å². The fourth-order valence-corrected chi connectivity index (χ4v) is 10.2. The van der Waals surface area contributed by atoms with E-state index in [0.717, 1.165) is 109 Å². The van der Waals surface area contributed by atoms with Gasteiger partial charge in [0.1, 0.15) is 12.1 Å². The van der Waals surface area contributed by atoms with E-state index in [1.807, 2.05) is 89.2 Å². The van der Waals surface area contributed by atoms with E-state index in [-0.39, 0.29) is 55.4 Å². The molecule has 4 N–H and O–H groups in total. The van der Waals surface area contributed by atoms with E-state index < -0.39 is 17.5 Å². The van der Waals surface area contributed by atoms with Crippen LogP contribution >= 0.6 is 0 Å². The zero-order valence-corrected chi connectivity index (χ0v) is 47.1. The van der Waals surface area contributed by atoms with Gasteiger partial charge in [-0.05, 0) is 109 Å². The lowest BCUT2D eigenvalue weighted by molar-refractivity contribution is -0.144. The first kappa shape index (κ1) is 63.8. The summed E-state index contributed by atoms with van der Waals surface area (Å²) in [5, 5.41) is 6.27. The number of hydrogen-bond acceptors (Lipinski definition) is 10. The minimum absolute atomic E-state index is 0. The Labute approximate surface area is 468 Å². The summed E-state index contributed by atoms with van der Waals surface area (Å²) in [7, 11) is 0. The van der Waals surface area contributed by atoms with Gasteiger partial charge in [-0.2, -0.15) is 0 Å². The van der Waals surface area contributed by atoms with Gasteiger partial charge in [-0.25, -0.2) is 0 Å². The predicted octanol–water partition coefficient (Wildman–Crippen LogP) is 11.2. The monoisotopic (exact) mass is 1080 g/mol. The number of nitrogens with zero attached hydrogens (tertiary/aromatic N) is 1. The van der Waals surface area contributed by atoms with Crippen molar-refractivity contribution in [2.75, 3.05) is 59.4 Å². The average molecular weight is 1080 g/mol. The summed E-state index contributed by atoms with van der Waals surface area (Å²) in [5.74, 6) is -0.694. The maximum absolute atomic E-state index is 13.9. The Hall–Kier alpha value is -4.99. The van der Waals surface area contributed by atoms with Gasteiger partial charge in [-0.1, -0.05) is 151 Å². The Morgan fingerprint density at radius 2 is 1.09 bits per heavy atom. The molecule has 0 bridgehead atoms. The highest BCUT2D eigenvalue weighted by atomic mass is 16.5. The summed E-state index contributed by atoms with van der Waals surface area (Å²) in [6.07, 6.45) is 11.7. The number of hydrogen-bond donors (Lipinski definition) is 3. The van der Waals surface area contributed by atoms with Crippen molar-refractivity contribution >= 4 is 17.7 Å². The molecule has 0 spiro atoms. The van der Waals surface area contributed by atoms with Gasteiger partial charge in [0.05, 0.1) is 37.5 Å². The second-order valence-corrected chi connectivity index (χ2v) is 22.1. The van der Waals surface area contributed by atoms with Gasteiger partial charge in [0.25, 0.3) is 0 Å². The molecular weight excluding hydrogens is 981 g/mol. The number of nitrogens with one attached hydrogen (secondary N) is 2. The molecule has 78 heavy (non-hydrogen) atoms. The SMILES string of the molecule is C.CC[C@@H](C)C(=O)N[C@H](C(=O)N1CCC[C@H]1C(=O)N[C@H]1c2ccccc2C[C@H]1OCCCOCCCCCOCc1ccccc1)C(C)(C)C.N[C@H]1c2ccccc2C[C@H]1OCCCOCCCCCOCc1ccccc1. The van der Waals surface area contributed by atoms with Crippen molar-refractivity contribution in [3.63, 3.8) is 0 Å². The number of carbonyl (C=O) groups excluding carboxylic acids is 3. The summed E-state index contributed by atoms with van der Waals surface area (Å²) < 4.78 is 35.4. The standard InChI is InChI=1S/C40H59N3O6.C24H33NO3.CH4/c1-6-29(2)37(44)42-36(40(3,4)5)39(46)43-22-15-21-33(43)38(45)41-35-32-20-12-11-19-31(32)27-34(35)49-26-16-25-47-23-13-8-14-24-48-28-30-17-9-7-10-18-30;25-24-22-13-6-5-12-21(22)18-23(24)28-17-9-16-26-14-7-2-8-15-27-19-20-10-3-1-4-11-20;/h7,9-12,17-20,29,33-36H,6,8,13-16,21-28H2,1-5H3,(H,41,45)(H,42,44);1,3-6,10-13,23-24H,2,7-9,14-19,25H2;1H4/t29-,33+,34-,35+,36-;23-,24+;/m11./s1. The number of ether oxygens (including phenoxy) is 6. The molecule has 13 nitrogen and oxygen atoms in total. The quantitative estimate of drug-likeness (QED) is 0.0402. The molecule has 0 radical (unpaired) electrons. The van der Waals surface area contributed by atoms with E-state index in [9.17, 15) is 14.4 Å². The maximum atomic E-state index is 13.9. The molecule has 1 heterocycles. The Morgan fingerprint density at radius 3 is 1.63 bits per heavy atom. The Balaban J connectivity index is 0.000000327. The molecule has 13 heteroatoms. The third-order valence-corrected chi connectivity index (χ3v) is 14.9. The number of likely N-dealkylation sites (tertiary alicyclic amines) is 1. The molecule has 1 saturated heterocycles. The fourth-order valence-electron chi connectivity index (χ4n) is 10.2. The van der Waals surface area contributed by atoms with Gasteiger partial charge < -0.3 is 49.7 Å². The van der Waals surface area contributed by atoms with Crippen molar-refractivity contribution in [1.82, 2.24) is 15.5 Å². The van der Waals surface area contributed by atoms with Gasteiger partial charge in [-0.15, -0.1) is 0 Å². The molecule has 7 rings (SSSR count). The Morgan fingerprint density at radius 1 is 0.615 bits per heavy atom. The molecule has 2 aliphatic carbocycles. The zero-order chi connectivity index (χ0) is 54.7. The second-order valence-electron chi connectivity index (χ2n) is 22.1. The highest BCUT2D eigenvalue weighted by Crippen LogP contribution is 2.35. The highest BCUT2D eigenvalue weighted by molar-refractivity contribution is 5.93. The van der Waals surface area contributed by atoms with Crippen LogP contribution in [0.4, 0.5) is 0 Å². The number of rotatable bonds is 32. The topological polar surface area (TPSA) is 160 Å². The molecule has 3 amide bonds. The molecule has 4 aromatic rings. The summed E-state index contributed by atoms with van der Waals surface area (Å²) in [4.78, 5) is 42.3. The van der Waals surface area contributed by atoms with E-state index in [2.05, 4.69) is 65.2 Å². The third kappa shape index (κ3) is 20.9. The smallest absolute Gasteiger partial charge is 0.246 e. The van der Waals surface area contributed by atoms with Crippen LogP contribution in [0.5, 0.6) is 0 Å². The lowest BCUT2D eigenvalue weighted by atomic mass is 9.85. The zero-order valence-electron chi connectivity index (χ0n) is 47.1. The molecule has 0 unspecified atom stereocenters. The van der Waals surface area contributed by atoms with Gasteiger partial charge in [-0.3, -0.25) is 14.4 Å². The highest BCUT2D eigenvalue weighted by Gasteiger charge is 2.44. The summed E-state index contributed by atoms with van der Waals surface area (Å²) >= 11 is 0. The molecule has 3 aliphatic rings. The number of benzene rings is 4. The van der Waals surface area contributed by atoms with Crippen LogP contribution in [0.2, 0.25) is 0 Å². The lowest BCUT2D eigenvalue weighted by Crippen LogP contribution is -2.58. The average Bonchev–Trinajstić information content (AvgIpc) is 4.18. The number of nitrogens with two attached hydrogens (primary N) is 1. The van der Waals surface area contributed by atoms with Crippen LogP contribution < -0.4 is 16.4 Å². The minimum atomic E-state index is -0.716. The van der Waals surface area contributed by atoms with Crippen LogP contribution in [0.1, 0.15) is 158 Å². The molecule has 0 saturated carbocycles. The van der Waals surface area contributed by atoms with E-state index in [4.69, 9.17) is 34.2 Å². The molecule has 1 aliphatic heterocycles. The second kappa shape index (κ2) is 34.9. The van der Waals surface area contributed by atoms with E-state index in [1.54, 1.807) is 4.90 Å². The summed E-state index contributed by atoms with van der Waals surface area (Å²) in [6, 6.07) is 35.4. The number of carbonyl (C=O) groups is 3. The largest absolute Gasteiger partial charge is 0.381 e. The van der Waals surface area contributed by atoms with Gasteiger partial charge >= 0.3 is 0 Å². The van der Waals surface area contributed by atoms with Crippen molar-refractivity contribution < 1.29 is 42.8 Å². The van der Waals surface area contributed by atoms with Crippen LogP contribution in [0, 0.1) is 11.3 Å². The van der Waals surface area contributed by atoms with Crippen molar-refractivity contribution in [2.24, 2.45) is 17.1 Å². The molecule has 4 aromatic carbocycles. The van der Waals surface area contributed by atoms with Crippen LogP contribution in [-0.4, -0.2) is 106 Å². The first-order chi connectivity index (χ1) is 37.4. The molecule has 430 valence electrons.